The van der Waals surface area contributed by atoms with Gasteiger partial charge in [0, 0.05) is 29.1 Å². The van der Waals surface area contributed by atoms with Crippen LogP contribution in [0.25, 0.3) is 16.7 Å². The zero-order valence-electron chi connectivity index (χ0n) is 21.5. The number of nitriles is 1. The van der Waals surface area contributed by atoms with Gasteiger partial charge in [-0.3, -0.25) is 9.59 Å². The van der Waals surface area contributed by atoms with Crippen LogP contribution in [-0.4, -0.2) is 27.9 Å². The number of hydrogen-bond donors (Lipinski definition) is 2. The topological polar surface area (TPSA) is 93.4 Å². The molecule has 0 spiro atoms. The molecule has 2 aromatic carbocycles. The first kappa shape index (κ1) is 26.6. The molecular formula is C31H30FN3O3. The predicted octanol–water partition coefficient (Wildman–Crippen LogP) is 6.08. The molecule has 0 unspecified atom stereocenters. The number of nitrogens with zero attached hydrogens (tertiary/aromatic N) is 2. The Labute approximate surface area is 222 Å². The fraction of sp³-hybridized carbons (Fsp3) is 0.258. The van der Waals surface area contributed by atoms with E-state index in [0.717, 1.165) is 23.1 Å². The van der Waals surface area contributed by atoms with Gasteiger partial charge in [-0.05, 0) is 66.7 Å². The summed E-state index contributed by atoms with van der Waals surface area (Å²) in [6, 6.07) is 14.7. The third-order valence-electron chi connectivity index (χ3n) is 6.92. The SMILES string of the molecule is C=C1C=C(C(=O)NC2CC(C(=O)O)C2)C=CN1/C(C#N)=C(\CCC)c1ccccc1-c1ccc(C)cc1F. The lowest BCUT2D eigenvalue weighted by molar-refractivity contribution is -0.146. The second-order valence-corrected chi connectivity index (χ2v) is 9.67. The molecule has 38 heavy (non-hydrogen) atoms. The van der Waals surface area contributed by atoms with Gasteiger partial charge in [0.15, 0.2) is 0 Å². The van der Waals surface area contributed by atoms with Crippen molar-refractivity contribution in [3.05, 3.63) is 101 Å². The van der Waals surface area contributed by atoms with E-state index < -0.39 is 11.9 Å². The number of halogens is 1. The molecule has 1 saturated carbocycles. The number of amides is 1. The van der Waals surface area contributed by atoms with Crippen molar-refractivity contribution in [3.63, 3.8) is 0 Å². The van der Waals surface area contributed by atoms with E-state index in [9.17, 15) is 19.2 Å². The number of carbonyl (C=O) groups is 2. The predicted molar refractivity (Wildman–Crippen MR) is 145 cm³/mol. The maximum atomic E-state index is 15.0. The molecule has 1 amide bonds. The summed E-state index contributed by atoms with van der Waals surface area (Å²) >= 11 is 0. The molecule has 1 aliphatic carbocycles. The van der Waals surface area contributed by atoms with E-state index in [2.05, 4.69) is 18.0 Å². The number of hydrogen-bond acceptors (Lipinski definition) is 4. The lowest BCUT2D eigenvalue weighted by Gasteiger charge is -2.33. The Morgan fingerprint density at radius 2 is 1.95 bits per heavy atom. The largest absolute Gasteiger partial charge is 0.481 e. The quantitative estimate of drug-likeness (QED) is 0.419. The van der Waals surface area contributed by atoms with Gasteiger partial charge in [0.1, 0.15) is 17.6 Å². The van der Waals surface area contributed by atoms with Crippen LogP contribution in [0.2, 0.25) is 0 Å². The minimum Gasteiger partial charge on any atom is -0.481 e. The molecule has 1 aliphatic heterocycles. The minimum atomic E-state index is -0.846. The molecule has 0 saturated heterocycles. The van der Waals surface area contributed by atoms with E-state index in [4.69, 9.17) is 5.11 Å². The Hall–Kier alpha value is -4.44. The van der Waals surface area contributed by atoms with E-state index >= 15 is 0 Å². The van der Waals surface area contributed by atoms with E-state index in [1.807, 2.05) is 44.2 Å². The van der Waals surface area contributed by atoms with Crippen molar-refractivity contribution in [2.24, 2.45) is 5.92 Å². The second-order valence-electron chi connectivity index (χ2n) is 9.67. The Bertz CT molecular complexity index is 1420. The highest BCUT2D eigenvalue weighted by molar-refractivity contribution is 5.97. The van der Waals surface area contributed by atoms with E-state index in [1.54, 1.807) is 29.3 Å². The standard InChI is InChI=1S/C31H30FN3O3/c1-4-7-27(25-9-6-5-8-24(25)26-11-10-19(2)14-28(26)32)29(18-33)35-13-12-21(15-20(35)3)30(36)34-23-16-22(17-23)31(37)38/h5-6,8-15,22-23H,3-4,7,16-17H2,1-2H3,(H,34,36)(H,37,38)/b29-27+. The van der Waals surface area contributed by atoms with Gasteiger partial charge < -0.3 is 15.3 Å². The Balaban J connectivity index is 1.64. The summed E-state index contributed by atoms with van der Waals surface area (Å²) < 4.78 is 15.0. The van der Waals surface area contributed by atoms with Crippen molar-refractivity contribution in [1.29, 1.82) is 5.26 Å². The molecule has 1 fully saturated rings. The van der Waals surface area contributed by atoms with Gasteiger partial charge in [0.05, 0.1) is 5.92 Å². The number of allylic oxidation sites excluding steroid dienone is 3. The van der Waals surface area contributed by atoms with Crippen LogP contribution >= 0.6 is 0 Å². The molecule has 194 valence electrons. The summed E-state index contributed by atoms with van der Waals surface area (Å²) in [5.74, 6) is -1.90. The molecule has 7 heteroatoms. The first-order valence-corrected chi connectivity index (χ1v) is 12.6. The van der Waals surface area contributed by atoms with Crippen LogP contribution in [0.1, 0.15) is 43.7 Å². The maximum Gasteiger partial charge on any atom is 0.306 e. The molecule has 2 aromatic rings. The van der Waals surface area contributed by atoms with Crippen LogP contribution in [0.15, 0.2) is 84.4 Å². The van der Waals surface area contributed by atoms with Crippen LogP contribution in [0, 0.1) is 30.0 Å². The zero-order chi connectivity index (χ0) is 27.4. The van der Waals surface area contributed by atoms with Gasteiger partial charge in [-0.15, -0.1) is 0 Å². The molecule has 0 atom stereocenters. The summed E-state index contributed by atoms with van der Waals surface area (Å²) in [5.41, 5.74) is 4.68. The summed E-state index contributed by atoms with van der Waals surface area (Å²) in [6.45, 7) is 7.94. The highest BCUT2D eigenvalue weighted by atomic mass is 19.1. The highest BCUT2D eigenvalue weighted by Crippen LogP contribution is 2.37. The fourth-order valence-electron chi connectivity index (χ4n) is 4.83. The Kier molecular flexibility index (Phi) is 7.92. The van der Waals surface area contributed by atoms with Crippen molar-refractivity contribution in [2.75, 3.05) is 0 Å². The molecule has 2 N–H and O–H groups in total. The van der Waals surface area contributed by atoms with Crippen molar-refractivity contribution >= 4 is 17.4 Å². The van der Waals surface area contributed by atoms with E-state index in [1.165, 1.54) is 6.07 Å². The summed E-state index contributed by atoms with van der Waals surface area (Å²) in [5, 5.41) is 22.2. The normalized spacial score (nSPS) is 19.2. The van der Waals surface area contributed by atoms with Crippen LogP contribution in [0.4, 0.5) is 4.39 Å². The number of rotatable bonds is 8. The minimum absolute atomic E-state index is 0.173. The van der Waals surface area contributed by atoms with Crippen LogP contribution in [-0.2, 0) is 9.59 Å². The van der Waals surface area contributed by atoms with Gasteiger partial charge in [0.2, 0.25) is 0 Å². The molecule has 0 aromatic heterocycles. The molecule has 0 radical (unpaired) electrons. The molecular weight excluding hydrogens is 481 g/mol. The van der Waals surface area contributed by atoms with E-state index in [0.29, 0.717) is 47.4 Å². The summed E-state index contributed by atoms with van der Waals surface area (Å²) in [7, 11) is 0. The van der Waals surface area contributed by atoms with Gasteiger partial charge in [0.25, 0.3) is 5.91 Å². The number of carboxylic acid groups (broad SMARTS) is 1. The Morgan fingerprint density at radius 3 is 2.58 bits per heavy atom. The first-order chi connectivity index (χ1) is 18.2. The summed E-state index contributed by atoms with van der Waals surface area (Å²) in [6.07, 6.45) is 7.02. The van der Waals surface area contributed by atoms with Crippen molar-refractivity contribution in [3.8, 4) is 17.2 Å². The Morgan fingerprint density at radius 1 is 1.21 bits per heavy atom. The van der Waals surface area contributed by atoms with Crippen molar-refractivity contribution < 1.29 is 19.1 Å². The smallest absolute Gasteiger partial charge is 0.306 e. The average molecular weight is 512 g/mol. The van der Waals surface area contributed by atoms with Crippen LogP contribution in [0.3, 0.4) is 0 Å². The molecule has 2 aliphatic rings. The van der Waals surface area contributed by atoms with Crippen molar-refractivity contribution in [2.45, 2.75) is 45.6 Å². The number of carbonyl (C=O) groups excluding carboxylic acids is 1. The number of aryl methyl sites for hydroxylation is 1. The number of nitrogens with one attached hydrogen (secondary N) is 1. The fourth-order valence-corrected chi connectivity index (χ4v) is 4.83. The molecule has 1 heterocycles. The van der Waals surface area contributed by atoms with Crippen LogP contribution in [0.5, 0.6) is 0 Å². The lowest BCUT2D eigenvalue weighted by atomic mass is 9.80. The van der Waals surface area contributed by atoms with Crippen LogP contribution < -0.4 is 5.32 Å². The number of carboxylic acids is 1. The number of aliphatic carboxylic acids is 1. The maximum absolute atomic E-state index is 15.0. The van der Waals surface area contributed by atoms with E-state index in [-0.39, 0.29) is 17.8 Å². The molecule has 6 nitrogen and oxygen atoms in total. The van der Waals surface area contributed by atoms with Gasteiger partial charge in [-0.2, -0.15) is 5.26 Å². The van der Waals surface area contributed by atoms with Gasteiger partial charge in [-0.25, -0.2) is 4.39 Å². The summed E-state index contributed by atoms with van der Waals surface area (Å²) in [4.78, 5) is 25.4. The molecule has 0 bridgehead atoms. The number of benzene rings is 2. The zero-order valence-corrected chi connectivity index (χ0v) is 21.5. The highest BCUT2D eigenvalue weighted by Gasteiger charge is 2.35. The average Bonchev–Trinajstić information content (AvgIpc) is 2.86. The monoisotopic (exact) mass is 511 g/mol. The lowest BCUT2D eigenvalue weighted by Crippen LogP contribution is -2.47. The van der Waals surface area contributed by atoms with Crippen molar-refractivity contribution in [1.82, 2.24) is 10.2 Å². The first-order valence-electron chi connectivity index (χ1n) is 12.6. The third-order valence-corrected chi connectivity index (χ3v) is 6.92. The van der Waals surface area contributed by atoms with Gasteiger partial charge >= 0.3 is 5.97 Å². The third kappa shape index (κ3) is 5.45. The second kappa shape index (κ2) is 11.3. The van der Waals surface area contributed by atoms with Gasteiger partial charge in [-0.1, -0.05) is 56.3 Å². The molecule has 4 rings (SSSR count).